The van der Waals surface area contributed by atoms with Gasteiger partial charge in [0.1, 0.15) is 0 Å². The van der Waals surface area contributed by atoms with Gasteiger partial charge in [0, 0.05) is 12.6 Å². The van der Waals surface area contributed by atoms with Crippen molar-refractivity contribution in [2.24, 2.45) is 11.1 Å². The van der Waals surface area contributed by atoms with Crippen LogP contribution in [0.4, 0.5) is 0 Å². The second kappa shape index (κ2) is 4.77. The lowest BCUT2D eigenvalue weighted by Gasteiger charge is -2.32. The summed E-state index contributed by atoms with van der Waals surface area (Å²) >= 11 is 0. The van der Waals surface area contributed by atoms with Crippen molar-refractivity contribution >= 4 is 0 Å². The molecule has 1 aliphatic heterocycles. The van der Waals surface area contributed by atoms with Crippen LogP contribution < -0.4 is 5.73 Å². The number of likely N-dealkylation sites (tertiary alicyclic amines) is 1. The molecule has 3 nitrogen and oxygen atoms in total. The second-order valence-corrected chi connectivity index (χ2v) is 4.95. The molecule has 0 amide bonds. The van der Waals surface area contributed by atoms with Crippen molar-refractivity contribution in [2.75, 3.05) is 19.6 Å². The zero-order valence-electron chi connectivity index (χ0n) is 9.29. The zero-order chi connectivity index (χ0) is 10.6. The molecule has 0 aliphatic carbocycles. The fourth-order valence-corrected chi connectivity index (χ4v) is 1.79. The Balaban J connectivity index is 2.28. The molecule has 80 valence electrons. The number of nitriles is 1. The summed E-state index contributed by atoms with van der Waals surface area (Å²) in [5, 5.41) is 8.88. The number of nitrogens with two attached hydrogens (primary N) is 1. The number of hydrogen-bond donors (Lipinski definition) is 1. The molecule has 2 N–H and O–H groups in total. The molecule has 1 heterocycles. The molecular weight excluding hydrogens is 174 g/mol. The quantitative estimate of drug-likeness (QED) is 0.739. The summed E-state index contributed by atoms with van der Waals surface area (Å²) in [6.07, 6.45) is 3.29. The molecule has 1 atom stereocenters. The first-order valence-electron chi connectivity index (χ1n) is 5.43. The molecule has 0 aromatic carbocycles. The summed E-state index contributed by atoms with van der Waals surface area (Å²) in [5.74, 6) is 0. The fourth-order valence-electron chi connectivity index (χ4n) is 1.79. The number of rotatable bonds is 3. The molecule has 3 heteroatoms. The molecule has 1 saturated heterocycles. The largest absolute Gasteiger partial charge is 0.327 e. The van der Waals surface area contributed by atoms with Crippen molar-refractivity contribution < 1.29 is 0 Å². The van der Waals surface area contributed by atoms with E-state index in [2.05, 4.69) is 11.0 Å². The third-order valence-corrected chi connectivity index (χ3v) is 2.90. The number of hydrogen-bond acceptors (Lipinski definition) is 3. The molecule has 0 aromatic rings. The van der Waals surface area contributed by atoms with E-state index < -0.39 is 0 Å². The summed E-state index contributed by atoms with van der Waals surface area (Å²) in [6.45, 7) is 7.15. The van der Waals surface area contributed by atoms with Crippen molar-refractivity contribution in [3.8, 4) is 6.07 Å². The van der Waals surface area contributed by atoms with Crippen molar-refractivity contribution in [1.82, 2.24) is 4.90 Å². The maximum Gasteiger partial charge on any atom is 0.0684 e. The van der Waals surface area contributed by atoms with Gasteiger partial charge in [-0.2, -0.15) is 5.26 Å². The molecule has 1 unspecified atom stereocenters. The maximum absolute atomic E-state index is 8.88. The van der Waals surface area contributed by atoms with Gasteiger partial charge >= 0.3 is 0 Å². The Kier molecular flexibility index (Phi) is 3.91. The Morgan fingerprint density at radius 3 is 2.86 bits per heavy atom. The van der Waals surface area contributed by atoms with Crippen LogP contribution in [0.3, 0.4) is 0 Å². The van der Waals surface area contributed by atoms with E-state index >= 15 is 0 Å². The van der Waals surface area contributed by atoms with E-state index in [-0.39, 0.29) is 5.41 Å². The first-order chi connectivity index (χ1) is 6.53. The first-order valence-corrected chi connectivity index (χ1v) is 5.43. The second-order valence-electron chi connectivity index (χ2n) is 4.95. The Morgan fingerprint density at radius 2 is 2.29 bits per heavy atom. The van der Waals surface area contributed by atoms with Gasteiger partial charge in [0.15, 0.2) is 0 Å². The molecule has 0 radical (unpaired) electrons. The summed E-state index contributed by atoms with van der Waals surface area (Å²) in [5.41, 5.74) is 5.70. The van der Waals surface area contributed by atoms with Crippen LogP contribution >= 0.6 is 0 Å². The molecular formula is C11H21N3. The van der Waals surface area contributed by atoms with Crippen LogP contribution in [0.1, 0.15) is 33.1 Å². The Morgan fingerprint density at radius 1 is 1.57 bits per heavy atom. The average molecular weight is 195 g/mol. The molecule has 1 aliphatic rings. The van der Waals surface area contributed by atoms with Gasteiger partial charge in [-0.05, 0) is 46.2 Å². The van der Waals surface area contributed by atoms with Gasteiger partial charge in [0.05, 0.1) is 11.5 Å². The van der Waals surface area contributed by atoms with Crippen molar-refractivity contribution in [3.63, 3.8) is 0 Å². The van der Waals surface area contributed by atoms with Gasteiger partial charge in [0.25, 0.3) is 0 Å². The molecule has 1 rings (SSSR count). The van der Waals surface area contributed by atoms with Gasteiger partial charge in [-0.3, -0.25) is 0 Å². The zero-order valence-corrected chi connectivity index (χ0v) is 9.29. The lowest BCUT2D eigenvalue weighted by atomic mass is 9.91. The van der Waals surface area contributed by atoms with E-state index in [4.69, 9.17) is 11.0 Å². The highest BCUT2D eigenvalue weighted by Gasteiger charge is 2.21. The minimum absolute atomic E-state index is 0.193. The Bertz CT molecular complexity index is 217. The minimum Gasteiger partial charge on any atom is -0.327 e. The van der Waals surface area contributed by atoms with E-state index in [1.807, 2.05) is 13.8 Å². The average Bonchev–Trinajstić information content (AvgIpc) is 2.15. The van der Waals surface area contributed by atoms with Crippen LogP contribution in [-0.2, 0) is 0 Å². The standard InChI is InChI=1S/C11H21N3/c1-11(2,9-12)5-7-14-6-3-4-10(13)8-14/h10H,3-8,13H2,1-2H3. The lowest BCUT2D eigenvalue weighted by molar-refractivity contribution is 0.190. The molecule has 14 heavy (non-hydrogen) atoms. The van der Waals surface area contributed by atoms with Gasteiger partial charge < -0.3 is 10.6 Å². The monoisotopic (exact) mass is 195 g/mol. The maximum atomic E-state index is 8.88. The number of piperidine rings is 1. The van der Waals surface area contributed by atoms with E-state index in [0.717, 1.165) is 32.5 Å². The fraction of sp³-hybridized carbons (Fsp3) is 0.909. The van der Waals surface area contributed by atoms with Crippen LogP contribution in [0, 0.1) is 16.7 Å². The Hall–Kier alpha value is -0.590. The minimum atomic E-state index is -0.193. The molecule has 0 bridgehead atoms. The first kappa shape index (κ1) is 11.5. The third-order valence-electron chi connectivity index (χ3n) is 2.90. The van der Waals surface area contributed by atoms with Crippen molar-refractivity contribution in [3.05, 3.63) is 0 Å². The summed E-state index contributed by atoms with van der Waals surface area (Å²) in [6, 6.07) is 2.68. The van der Waals surface area contributed by atoms with Crippen LogP contribution in [0.25, 0.3) is 0 Å². The highest BCUT2D eigenvalue weighted by molar-refractivity contribution is 4.92. The summed E-state index contributed by atoms with van der Waals surface area (Å²) in [4.78, 5) is 2.38. The van der Waals surface area contributed by atoms with Gasteiger partial charge in [-0.15, -0.1) is 0 Å². The van der Waals surface area contributed by atoms with Crippen LogP contribution in [0.5, 0.6) is 0 Å². The van der Waals surface area contributed by atoms with Crippen molar-refractivity contribution in [1.29, 1.82) is 5.26 Å². The van der Waals surface area contributed by atoms with Gasteiger partial charge in [-0.25, -0.2) is 0 Å². The van der Waals surface area contributed by atoms with E-state index in [1.165, 1.54) is 6.42 Å². The predicted molar refractivity (Wildman–Crippen MR) is 57.7 cm³/mol. The molecule has 0 aromatic heterocycles. The summed E-state index contributed by atoms with van der Waals surface area (Å²) < 4.78 is 0. The molecule has 0 saturated carbocycles. The molecule has 0 spiro atoms. The highest BCUT2D eigenvalue weighted by Crippen LogP contribution is 2.20. The van der Waals surface area contributed by atoms with E-state index in [1.54, 1.807) is 0 Å². The SMILES string of the molecule is CC(C)(C#N)CCN1CCCC(N)C1. The highest BCUT2D eigenvalue weighted by atomic mass is 15.1. The summed E-state index contributed by atoms with van der Waals surface area (Å²) in [7, 11) is 0. The Labute approximate surface area is 86.9 Å². The normalized spacial score (nSPS) is 24.6. The predicted octanol–water partition coefficient (Wildman–Crippen LogP) is 1.35. The topological polar surface area (TPSA) is 53.0 Å². The lowest BCUT2D eigenvalue weighted by Crippen LogP contribution is -2.43. The van der Waals surface area contributed by atoms with Crippen LogP contribution in [-0.4, -0.2) is 30.6 Å². The van der Waals surface area contributed by atoms with E-state index in [0.29, 0.717) is 6.04 Å². The third kappa shape index (κ3) is 3.65. The van der Waals surface area contributed by atoms with Gasteiger partial charge in [0.2, 0.25) is 0 Å². The van der Waals surface area contributed by atoms with Crippen LogP contribution in [0.15, 0.2) is 0 Å². The smallest absolute Gasteiger partial charge is 0.0684 e. The van der Waals surface area contributed by atoms with Gasteiger partial charge in [-0.1, -0.05) is 0 Å². The van der Waals surface area contributed by atoms with Crippen LogP contribution in [0.2, 0.25) is 0 Å². The number of nitrogens with zero attached hydrogens (tertiary/aromatic N) is 2. The molecule has 1 fully saturated rings. The van der Waals surface area contributed by atoms with E-state index in [9.17, 15) is 0 Å². The van der Waals surface area contributed by atoms with Crippen molar-refractivity contribution in [2.45, 2.75) is 39.2 Å².